The lowest BCUT2D eigenvalue weighted by Crippen LogP contribution is -2.58. The average Bonchev–Trinajstić information content (AvgIpc) is 2.86. The van der Waals surface area contributed by atoms with Crippen molar-refractivity contribution in [1.82, 2.24) is 16.0 Å². The van der Waals surface area contributed by atoms with E-state index in [9.17, 15) is 14.4 Å². The molecule has 1 aromatic rings. The smallest absolute Gasteiger partial charge is 0.407 e. The number of halogens is 1. The van der Waals surface area contributed by atoms with Gasteiger partial charge in [0.15, 0.2) is 0 Å². The van der Waals surface area contributed by atoms with Gasteiger partial charge < -0.3 is 25.6 Å². The van der Waals surface area contributed by atoms with Gasteiger partial charge in [0.05, 0.1) is 5.92 Å². The van der Waals surface area contributed by atoms with E-state index >= 15 is 0 Å². The Morgan fingerprint density at radius 2 is 1.85 bits per heavy atom. The van der Waals surface area contributed by atoms with Crippen LogP contribution in [0.1, 0.15) is 95.5 Å². The summed E-state index contributed by atoms with van der Waals surface area (Å²) in [6.45, 7) is 13.2. The minimum atomic E-state index is -0.538. The van der Waals surface area contributed by atoms with Crippen LogP contribution < -0.4 is 20.9 Å². The number of hydrogen-bond donors (Lipinski definition) is 3. The van der Waals surface area contributed by atoms with Crippen LogP contribution in [0, 0.1) is 24.2 Å². The second-order valence-corrected chi connectivity index (χ2v) is 13.5. The van der Waals surface area contributed by atoms with Gasteiger partial charge in [0.1, 0.15) is 5.60 Å². The highest BCUT2D eigenvalue weighted by molar-refractivity contribution is 6.31. The molecule has 3 rings (SSSR count). The fourth-order valence-corrected chi connectivity index (χ4v) is 6.78. The third-order valence-corrected chi connectivity index (χ3v) is 8.81. The second kappa shape index (κ2) is 13.5. The van der Waals surface area contributed by atoms with E-state index < -0.39 is 11.7 Å². The molecule has 2 fully saturated rings. The van der Waals surface area contributed by atoms with Crippen molar-refractivity contribution in [3.8, 4) is 0 Å². The lowest BCUT2D eigenvalue weighted by atomic mass is 9.59. The summed E-state index contributed by atoms with van der Waals surface area (Å²) in [5.41, 5.74) is 1.50. The summed E-state index contributed by atoms with van der Waals surface area (Å²) < 4.78 is 5.28. The lowest BCUT2D eigenvalue weighted by molar-refractivity contribution is -0.137. The van der Waals surface area contributed by atoms with E-state index in [-0.39, 0.29) is 29.2 Å². The normalized spacial score (nSPS) is 23.8. The van der Waals surface area contributed by atoms with Gasteiger partial charge in [-0.15, -0.1) is 0 Å². The van der Waals surface area contributed by atoms with Gasteiger partial charge in [-0.05, 0) is 89.3 Å². The molecule has 9 heteroatoms. The van der Waals surface area contributed by atoms with Crippen LogP contribution in [0.25, 0.3) is 0 Å². The summed E-state index contributed by atoms with van der Waals surface area (Å²) in [6.07, 6.45) is 7.18. The summed E-state index contributed by atoms with van der Waals surface area (Å²) in [4.78, 5) is 40.6. The molecule has 3 N–H and O–H groups in total. The first-order valence-electron chi connectivity index (χ1n) is 14.8. The largest absolute Gasteiger partial charge is 0.444 e. The van der Waals surface area contributed by atoms with E-state index in [4.69, 9.17) is 16.3 Å². The predicted molar refractivity (Wildman–Crippen MR) is 161 cm³/mol. The minimum absolute atomic E-state index is 0.0374. The standard InChI is InChI=1S/C31H49ClN4O4/c1-20-18-31(6,22-12-9-8-10-13-22)25(28(38)35-20)19-34-27(37)24-16-23(32)17-26(21(24)2)36(7)15-11-14-33-29(39)40-30(3,4)5/h16-17,20,22,25H,8-15,18-19H2,1-7H3,(H,33,39)(H,34,37)(H,35,38). The van der Waals surface area contributed by atoms with Gasteiger partial charge in [0, 0.05) is 49.0 Å². The molecular weight excluding hydrogens is 528 g/mol. The topological polar surface area (TPSA) is 99.8 Å². The molecule has 224 valence electrons. The van der Waals surface area contributed by atoms with Gasteiger partial charge in [-0.1, -0.05) is 37.8 Å². The van der Waals surface area contributed by atoms with Gasteiger partial charge in [0.25, 0.3) is 5.91 Å². The molecule has 8 nitrogen and oxygen atoms in total. The molecule has 1 saturated heterocycles. The van der Waals surface area contributed by atoms with Crippen LogP contribution in [-0.4, -0.2) is 56.2 Å². The average molecular weight is 577 g/mol. The van der Waals surface area contributed by atoms with Crippen LogP contribution in [0.3, 0.4) is 0 Å². The molecule has 40 heavy (non-hydrogen) atoms. The van der Waals surface area contributed by atoms with Gasteiger partial charge >= 0.3 is 6.09 Å². The third kappa shape index (κ3) is 8.27. The van der Waals surface area contributed by atoms with Gasteiger partial charge in [0.2, 0.25) is 5.91 Å². The maximum absolute atomic E-state index is 13.5. The fourth-order valence-electron chi connectivity index (χ4n) is 6.56. The van der Waals surface area contributed by atoms with E-state index in [1.54, 1.807) is 6.07 Å². The Labute approximate surface area is 245 Å². The quantitative estimate of drug-likeness (QED) is 0.321. The zero-order valence-electron chi connectivity index (χ0n) is 25.4. The number of nitrogens with one attached hydrogen (secondary N) is 3. The first-order valence-corrected chi connectivity index (χ1v) is 15.2. The van der Waals surface area contributed by atoms with Crippen molar-refractivity contribution in [2.45, 2.75) is 98.1 Å². The Kier molecular flexibility index (Phi) is 10.8. The predicted octanol–water partition coefficient (Wildman–Crippen LogP) is 5.84. The van der Waals surface area contributed by atoms with Crippen molar-refractivity contribution in [3.63, 3.8) is 0 Å². The van der Waals surface area contributed by atoms with Crippen LogP contribution >= 0.6 is 11.6 Å². The maximum Gasteiger partial charge on any atom is 0.407 e. The molecule has 1 heterocycles. The molecule has 0 spiro atoms. The Hall–Kier alpha value is -2.48. The number of carbonyl (C=O) groups excluding carboxylic acids is 3. The summed E-state index contributed by atoms with van der Waals surface area (Å²) in [5, 5.41) is 9.46. The van der Waals surface area contributed by atoms with Crippen molar-refractivity contribution < 1.29 is 19.1 Å². The van der Waals surface area contributed by atoms with Crippen LogP contribution in [0.15, 0.2) is 12.1 Å². The number of ether oxygens (including phenoxy) is 1. The first kappa shape index (κ1) is 32.0. The van der Waals surface area contributed by atoms with Crippen molar-refractivity contribution in [2.75, 3.05) is 31.6 Å². The summed E-state index contributed by atoms with van der Waals surface area (Å²) >= 11 is 6.47. The summed E-state index contributed by atoms with van der Waals surface area (Å²) in [5.74, 6) is 0.0403. The number of hydrogen-bond acceptors (Lipinski definition) is 5. The number of amides is 3. The lowest BCUT2D eigenvalue weighted by Gasteiger charge is -2.49. The van der Waals surface area contributed by atoms with E-state index in [0.717, 1.165) is 30.5 Å². The molecule has 1 saturated carbocycles. The summed E-state index contributed by atoms with van der Waals surface area (Å²) in [6, 6.07) is 3.68. The molecule has 1 aliphatic carbocycles. The molecular formula is C31H49ClN4O4. The van der Waals surface area contributed by atoms with E-state index in [1.165, 1.54) is 19.3 Å². The molecule has 1 aromatic carbocycles. The number of alkyl carbamates (subject to hydrolysis) is 1. The monoisotopic (exact) mass is 576 g/mol. The van der Waals surface area contributed by atoms with Crippen molar-refractivity contribution >= 4 is 35.2 Å². The van der Waals surface area contributed by atoms with Crippen LogP contribution in [-0.2, 0) is 9.53 Å². The minimum Gasteiger partial charge on any atom is -0.444 e. The molecule has 3 atom stereocenters. The van der Waals surface area contributed by atoms with Gasteiger partial charge in [-0.3, -0.25) is 9.59 Å². The van der Waals surface area contributed by atoms with Crippen molar-refractivity contribution in [3.05, 3.63) is 28.3 Å². The van der Waals surface area contributed by atoms with Crippen molar-refractivity contribution in [2.24, 2.45) is 17.3 Å². The second-order valence-electron chi connectivity index (χ2n) is 13.0. The third-order valence-electron chi connectivity index (χ3n) is 8.59. The molecule has 1 aliphatic heterocycles. The molecule has 3 unspecified atom stereocenters. The van der Waals surface area contributed by atoms with E-state index in [2.05, 4.69) is 29.8 Å². The maximum atomic E-state index is 13.5. The van der Waals surface area contributed by atoms with Crippen LogP contribution in [0.5, 0.6) is 0 Å². The number of piperidine rings is 1. The highest BCUT2D eigenvalue weighted by atomic mass is 35.5. The van der Waals surface area contributed by atoms with Gasteiger partial charge in [-0.2, -0.15) is 0 Å². The molecule has 0 bridgehead atoms. The Morgan fingerprint density at radius 3 is 2.50 bits per heavy atom. The highest BCUT2D eigenvalue weighted by Crippen LogP contribution is 2.48. The van der Waals surface area contributed by atoms with Crippen LogP contribution in [0.2, 0.25) is 5.02 Å². The first-order chi connectivity index (χ1) is 18.7. The highest BCUT2D eigenvalue weighted by Gasteiger charge is 2.48. The molecule has 3 amide bonds. The number of rotatable bonds is 9. The number of anilines is 1. The number of benzene rings is 1. The summed E-state index contributed by atoms with van der Waals surface area (Å²) in [7, 11) is 1.94. The molecule has 0 aromatic heterocycles. The Bertz CT molecular complexity index is 1070. The zero-order valence-corrected chi connectivity index (χ0v) is 26.2. The Balaban J connectivity index is 1.65. The Morgan fingerprint density at radius 1 is 1.18 bits per heavy atom. The molecule has 2 aliphatic rings. The fraction of sp³-hybridized carbons (Fsp3) is 0.710. The number of nitrogens with zero attached hydrogens (tertiary/aromatic N) is 1. The van der Waals surface area contributed by atoms with Crippen molar-refractivity contribution in [1.29, 1.82) is 0 Å². The van der Waals surface area contributed by atoms with E-state index in [0.29, 0.717) is 42.6 Å². The van der Waals surface area contributed by atoms with Gasteiger partial charge in [-0.25, -0.2) is 4.79 Å². The SMILES string of the molecule is Cc1c(C(=O)NCC2C(=O)NC(C)CC2(C)C2CCCCC2)cc(Cl)cc1N(C)CCCNC(=O)OC(C)(C)C. The zero-order chi connectivity index (χ0) is 29.7. The number of carbonyl (C=O) groups is 3. The van der Waals surface area contributed by atoms with Crippen LogP contribution in [0.4, 0.5) is 10.5 Å². The van der Waals surface area contributed by atoms with E-state index in [1.807, 2.05) is 45.7 Å². The molecule has 0 radical (unpaired) electrons.